The van der Waals surface area contributed by atoms with E-state index < -0.39 is 24.1 Å². The van der Waals surface area contributed by atoms with Gasteiger partial charge in [-0.3, -0.25) is 4.79 Å². The minimum atomic E-state index is -1.31. The Kier molecular flexibility index (Phi) is 3.52. The molecule has 2 atom stereocenters. The van der Waals surface area contributed by atoms with Crippen LogP contribution in [0.25, 0.3) is 0 Å². The summed E-state index contributed by atoms with van der Waals surface area (Å²) < 4.78 is 13.3. The van der Waals surface area contributed by atoms with Crippen LogP contribution in [0.3, 0.4) is 0 Å². The Morgan fingerprint density at radius 2 is 2.06 bits per heavy atom. The van der Waals surface area contributed by atoms with Crippen molar-refractivity contribution in [3.05, 3.63) is 34.9 Å². The number of rotatable bonds is 2. The Bertz CT molecular complexity index is 494. The second kappa shape index (κ2) is 4.94. The number of carboxylic acid groups (broad SMARTS) is 1. The summed E-state index contributed by atoms with van der Waals surface area (Å²) in [5.41, 5.74) is 0.194. The molecule has 4 nitrogen and oxygen atoms in total. The average Bonchev–Trinajstić information content (AvgIpc) is 2.71. The predicted octanol–water partition coefficient (Wildman–Crippen LogP) is 1.98. The molecule has 96 valence electrons. The number of alkyl halides is 1. The van der Waals surface area contributed by atoms with Gasteiger partial charge in [0.15, 0.2) is 0 Å². The molecule has 1 aliphatic rings. The van der Waals surface area contributed by atoms with Crippen LogP contribution in [0.1, 0.15) is 16.8 Å². The molecule has 0 saturated carbocycles. The van der Waals surface area contributed by atoms with E-state index in [9.17, 15) is 14.0 Å². The van der Waals surface area contributed by atoms with Crippen LogP contribution < -0.4 is 0 Å². The summed E-state index contributed by atoms with van der Waals surface area (Å²) >= 11 is 5.87. The van der Waals surface area contributed by atoms with Crippen LogP contribution in [-0.2, 0) is 4.79 Å². The van der Waals surface area contributed by atoms with Gasteiger partial charge in [0.05, 0.1) is 17.1 Å². The van der Waals surface area contributed by atoms with Crippen molar-refractivity contribution >= 4 is 23.5 Å². The second-order valence-corrected chi connectivity index (χ2v) is 4.53. The number of hydrogen-bond donors (Lipinski definition) is 1. The van der Waals surface area contributed by atoms with Crippen molar-refractivity contribution in [1.82, 2.24) is 4.90 Å². The number of carbonyl (C=O) groups is 2. The van der Waals surface area contributed by atoms with Gasteiger partial charge < -0.3 is 10.0 Å². The molecule has 1 fully saturated rings. The lowest BCUT2D eigenvalue weighted by molar-refractivity contribution is -0.141. The van der Waals surface area contributed by atoms with E-state index in [0.717, 1.165) is 4.90 Å². The van der Waals surface area contributed by atoms with Crippen molar-refractivity contribution in [2.75, 3.05) is 6.54 Å². The third-order valence-corrected chi connectivity index (χ3v) is 3.23. The van der Waals surface area contributed by atoms with Gasteiger partial charge in [-0.1, -0.05) is 23.7 Å². The molecule has 18 heavy (non-hydrogen) atoms. The molecule has 0 aromatic heterocycles. The van der Waals surface area contributed by atoms with Crippen LogP contribution in [0.15, 0.2) is 24.3 Å². The van der Waals surface area contributed by atoms with Gasteiger partial charge in [0.1, 0.15) is 12.2 Å². The van der Waals surface area contributed by atoms with E-state index in [1.165, 1.54) is 12.1 Å². The highest BCUT2D eigenvalue weighted by Crippen LogP contribution is 2.25. The Morgan fingerprint density at radius 1 is 1.39 bits per heavy atom. The number of carboxylic acids is 1. The van der Waals surface area contributed by atoms with Crippen molar-refractivity contribution in [2.45, 2.75) is 18.6 Å². The zero-order valence-corrected chi connectivity index (χ0v) is 10.1. The highest BCUT2D eigenvalue weighted by Gasteiger charge is 2.40. The first-order valence-corrected chi connectivity index (χ1v) is 5.81. The second-order valence-electron chi connectivity index (χ2n) is 4.12. The van der Waals surface area contributed by atoms with Gasteiger partial charge in [-0.25, -0.2) is 9.18 Å². The first-order valence-electron chi connectivity index (χ1n) is 5.43. The maximum Gasteiger partial charge on any atom is 0.326 e. The third kappa shape index (κ3) is 2.31. The zero-order chi connectivity index (χ0) is 13.3. The topological polar surface area (TPSA) is 57.6 Å². The van der Waals surface area contributed by atoms with E-state index in [-0.39, 0.29) is 23.6 Å². The summed E-state index contributed by atoms with van der Waals surface area (Å²) in [6.45, 7) is -0.207. The molecular formula is C12H11ClFNO3. The number of carbonyl (C=O) groups excluding carboxylic acids is 1. The number of hydrogen-bond acceptors (Lipinski definition) is 2. The van der Waals surface area contributed by atoms with Gasteiger partial charge >= 0.3 is 5.97 Å². The Balaban J connectivity index is 2.28. The lowest BCUT2D eigenvalue weighted by atomic mass is 10.1. The van der Waals surface area contributed by atoms with Crippen molar-refractivity contribution in [3.63, 3.8) is 0 Å². The fourth-order valence-electron chi connectivity index (χ4n) is 2.03. The Morgan fingerprint density at radius 3 is 2.67 bits per heavy atom. The van der Waals surface area contributed by atoms with Crippen LogP contribution >= 0.6 is 11.6 Å². The summed E-state index contributed by atoms with van der Waals surface area (Å²) in [5, 5.41) is 9.20. The molecule has 2 rings (SSSR count). The third-order valence-electron chi connectivity index (χ3n) is 2.90. The van der Waals surface area contributed by atoms with E-state index in [0.29, 0.717) is 0 Å². The normalized spacial score (nSPS) is 23.1. The molecule has 1 aliphatic heterocycles. The molecule has 1 aromatic carbocycles. The highest BCUT2D eigenvalue weighted by atomic mass is 35.5. The Hall–Kier alpha value is -1.62. The minimum Gasteiger partial charge on any atom is -0.480 e. The molecule has 1 amide bonds. The molecule has 1 heterocycles. The molecule has 1 saturated heterocycles. The standard InChI is InChI=1S/C12H11ClFNO3/c13-9-4-2-1-3-8(9)11(16)15-6-7(14)5-10(15)12(17)18/h1-4,7,10H,5-6H2,(H,17,18)/t7-,10-/m0/s1. The van der Waals surface area contributed by atoms with Crippen molar-refractivity contribution in [2.24, 2.45) is 0 Å². The van der Waals surface area contributed by atoms with Gasteiger partial charge in [-0.05, 0) is 12.1 Å². The average molecular weight is 272 g/mol. The summed E-state index contributed by atoms with van der Waals surface area (Å²) in [6, 6.07) is 5.19. The van der Waals surface area contributed by atoms with Crippen LogP contribution in [0.2, 0.25) is 5.02 Å². The van der Waals surface area contributed by atoms with E-state index >= 15 is 0 Å². The lowest BCUT2D eigenvalue weighted by Gasteiger charge is -2.21. The number of nitrogens with zero attached hydrogens (tertiary/aromatic N) is 1. The van der Waals surface area contributed by atoms with Gasteiger partial charge in [0.2, 0.25) is 0 Å². The van der Waals surface area contributed by atoms with Gasteiger partial charge in [-0.15, -0.1) is 0 Å². The smallest absolute Gasteiger partial charge is 0.326 e. The first kappa shape index (κ1) is 12.8. The van der Waals surface area contributed by atoms with Crippen molar-refractivity contribution in [1.29, 1.82) is 0 Å². The molecule has 0 spiro atoms. The number of benzene rings is 1. The molecular weight excluding hydrogens is 261 g/mol. The van der Waals surface area contributed by atoms with Crippen LogP contribution in [0.4, 0.5) is 4.39 Å². The number of likely N-dealkylation sites (tertiary alicyclic amines) is 1. The van der Waals surface area contributed by atoms with Gasteiger partial charge in [-0.2, -0.15) is 0 Å². The van der Waals surface area contributed by atoms with E-state index in [4.69, 9.17) is 16.7 Å². The highest BCUT2D eigenvalue weighted by molar-refractivity contribution is 6.33. The summed E-state index contributed by atoms with van der Waals surface area (Å²) in [7, 11) is 0. The monoisotopic (exact) mass is 271 g/mol. The summed E-state index contributed by atoms with van der Waals surface area (Å²) in [4.78, 5) is 24.1. The first-order chi connectivity index (χ1) is 8.50. The Labute approximate surface area is 108 Å². The maximum atomic E-state index is 13.3. The fraction of sp³-hybridized carbons (Fsp3) is 0.333. The minimum absolute atomic E-state index is 0.175. The molecule has 0 bridgehead atoms. The largest absolute Gasteiger partial charge is 0.480 e. The number of amides is 1. The predicted molar refractivity (Wildman–Crippen MR) is 63.4 cm³/mol. The van der Waals surface area contributed by atoms with E-state index in [1.54, 1.807) is 12.1 Å². The molecule has 0 radical (unpaired) electrons. The van der Waals surface area contributed by atoms with Crippen LogP contribution in [-0.4, -0.2) is 40.6 Å². The van der Waals surface area contributed by atoms with E-state index in [1.807, 2.05) is 0 Å². The summed E-state index contributed by atoms with van der Waals surface area (Å²) in [6.07, 6.45) is -1.48. The molecule has 1 aromatic rings. The lowest BCUT2D eigenvalue weighted by Crippen LogP contribution is -2.40. The fourth-order valence-corrected chi connectivity index (χ4v) is 2.25. The molecule has 0 aliphatic carbocycles. The van der Waals surface area contributed by atoms with E-state index in [2.05, 4.69) is 0 Å². The summed E-state index contributed by atoms with van der Waals surface area (Å²) in [5.74, 6) is -1.75. The van der Waals surface area contributed by atoms with Gasteiger partial charge in [0.25, 0.3) is 5.91 Å². The van der Waals surface area contributed by atoms with Crippen molar-refractivity contribution < 1.29 is 19.1 Å². The molecule has 1 N–H and O–H groups in total. The van der Waals surface area contributed by atoms with Crippen molar-refractivity contribution in [3.8, 4) is 0 Å². The number of aliphatic carboxylic acids is 1. The molecule has 0 unspecified atom stereocenters. The quantitative estimate of drug-likeness (QED) is 0.895. The maximum absolute atomic E-state index is 13.3. The zero-order valence-electron chi connectivity index (χ0n) is 9.35. The van der Waals surface area contributed by atoms with Crippen LogP contribution in [0, 0.1) is 0 Å². The molecule has 6 heteroatoms. The number of halogens is 2. The van der Waals surface area contributed by atoms with Crippen LogP contribution in [0.5, 0.6) is 0 Å². The van der Waals surface area contributed by atoms with Gasteiger partial charge in [0, 0.05) is 6.42 Å². The SMILES string of the molecule is O=C(O)[C@@H]1C[C@H](F)CN1C(=O)c1ccccc1Cl.